The zero-order valence-electron chi connectivity index (χ0n) is 4.61. The summed E-state index contributed by atoms with van der Waals surface area (Å²) in [6, 6.07) is 1.50. The minimum Gasteiger partial charge on any atom is -0.384 e. The molecular formula is C4H7ClN4. The number of hydrogen-bond acceptors (Lipinski definition) is 4. The molecule has 1 heterocycles. The van der Waals surface area contributed by atoms with E-state index in [0.29, 0.717) is 11.6 Å². The quantitative estimate of drug-likeness (QED) is 0.543. The number of nitrogens with two attached hydrogens (primary N) is 2. The van der Waals surface area contributed by atoms with Crippen molar-refractivity contribution in [1.82, 2.24) is 9.97 Å². The van der Waals surface area contributed by atoms with Crippen molar-refractivity contribution in [2.45, 2.75) is 0 Å². The predicted octanol–water partition coefficient (Wildman–Crippen LogP) is 0.0628. The van der Waals surface area contributed by atoms with E-state index >= 15 is 0 Å². The maximum Gasteiger partial charge on any atom is 0.128 e. The number of hydrogen-bond donors (Lipinski definition) is 2. The summed E-state index contributed by atoms with van der Waals surface area (Å²) >= 11 is 0. The van der Waals surface area contributed by atoms with Crippen molar-refractivity contribution in [2.24, 2.45) is 0 Å². The Kier molecular flexibility index (Phi) is 2.73. The Bertz CT molecular complexity index is 172. The number of nitrogen functional groups attached to an aromatic ring is 2. The molecule has 0 aliphatic carbocycles. The molecular weight excluding hydrogens is 140 g/mol. The number of aromatic nitrogens is 2. The minimum absolute atomic E-state index is 0. The third-order valence-corrected chi connectivity index (χ3v) is 0.709. The van der Waals surface area contributed by atoms with Gasteiger partial charge in [-0.3, -0.25) is 0 Å². The molecule has 50 valence electrons. The molecule has 0 radical (unpaired) electrons. The van der Waals surface area contributed by atoms with Gasteiger partial charge in [0.1, 0.15) is 18.0 Å². The van der Waals surface area contributed by atoms with Crippen LogP contribution >= 0.6 is 12.4 Å². The lowest BCUT2D eigenvalue weighted by Gasteiger charge is -1.89. The topological polar surface area (TPSA) is 77.8 Å². The summed E-state index contributed by atoms with van der Waals surface area (Å²) in [5.74, 6) is 0.801. The van der Waals surface area contributed by atoms with Crippen molar-refractivity contribution in [3.63, 3.8) is 0 Å². The molecule has 5 heteroatoms. The van der Waals surface area contributed by atoms with Crippen LogP contribution in [0.1, 0.15) is 0 Å². The molecule has 0 bridgehead atoms. The number of nitrogens with zero attached hydrogens (tertiary/aromatic N) is 2. The fraction of sp³-hybridized carbons (Fsp3) is 0. The van der Waals surface area contributed by atoms with Crippen LogP contribution in [0.5, 0.6) is 0 Å². The van der Waals surface area contributed by atoms with Crippen LogP contribution in [-0.4, -0.2) is 9.97 Å². The van der Waals surface area contributed by atoms with Crippen molar-refractivity contribution in [2.75, 3.05) is 11.5 Å². The molecule has 0 spiro atoms. The van der Waals surface area contributed by atoms with E-state index in [-0.39, 0.29) is 12.4 Å². The lowest BCUT2D eigenvalue weighted by Crippen LogP contribution is -1.94. The third kappa shape index (κ3) is 2.14. The van der Waals surface area contributed by atoms with Crippen LogP contribution in [0.2, 0.25) is 0 Å². The standard InChI is InChI=1S/C4H6N4.ClH/c5-3-1-4(6)8-2-7-3;/h1-2H,(H4,5,6,7,8);1H. The summed E-state index contributed by atoms with van der Waals surface area (Å²) in [5.41, 5.74) is 10.5. The molecule has 0 atom stereocenters. The molecule has 0 aliphatic rings. The van der Waals surface area contributed by atoms with Gasteiger partial charge in [0.05, 0.1) is 0 Å². The molecule has 4 nitrogen and oxygen atoms in total. The Morgan fingerprint density at radius 1 is 1.11 bits per heavy atom. The average Bonchev–Trinajstić information content (AvgIpc) is 1.64. The summed E-state index contributed by atoms with van der Waals surface area (Å²) in [6.45, 7) is 0. The highest BCUT2D eigenvalue weighted by Crippen LogP contribution is 1.97. The van der Waals surface area contributed by atoms with Crippen molar-refractivity contribution in [1.29, 1.82) is 0 Å². The highest BCUT2D eigenvalue weighted by molar-refractivity contribution is 5.85. The Labute approximate surface area is 58.7 Å². The van der Waals surface area contributed by atoms with Crippen molar-refractivity contribution in [3.8, 4) is 0 Å². The largest absolute Gasteiger partial charge is 0.384 e. The Balaban J connectivity index is 0.000000640. The minimum atomic E-state index is 0. The SMILES string of the molecule is Cl.Nc1cc(N)ncn1. The molecule has 0 unspecified atom stereocenters. The zero-order chi connectivity index (χ0) is 5.98. The van der Waals surface area contributed by atoms with Crippen LogP contribution in [0.15, 0.2) is 12.4 Å². The van der Waals surface area contributed by atoms with E-state index in [1.54, 1.807) is 0 Å². The first kappa shape index (κ1) is 7.97. The van der Waals surface area contributed by atoms with Gasteiger partial charge in [-0.25, -0.2) is 9.97 Å². The molecule has 0 saturated heterocycles. The second-order valence-electron chi connectivity index (χ2n) is 1.37. The first-order valence-corrected chi connectivity index (χ1v) is 2.12. The van der Waals surface area contributed by atoms with Crippen LogP contribution in [0.3, 0.4) is 0 Å². The van der Waals surface area contributed by atoms with Gasteiger partial charge in [0, 0.05) is 6.07 Å². The van der Waals surface area contributed by atoms with Gasteiger partial charge in [0.2, 0.25) is 0 Å². The number of anilines is 2. The van der Waals surface area contributed by atoms with Gasteiger partial charge in [-0.1, -0.05) is 0 Å². The third-order valence-electron chi connectivity index (χ3n) is 0.709. The molecule has 0 fully saturated rings. The summed E-state index contributed by atoms with van der Waals surface area (Å²) in [5, 5.41) is 0. The Hall–Kier alpha value is -1.03. The lowest BCUT2D eigenvalue weighted by molar-refractivity contribution is 1.19. The second kappa shape index (κ2) is 3.09. The van der Waals surface area contributed by atoms with Gasteiger partial charge >= 0.3 is 0 Å². The summed E-state index contributed by atoms with van der Waals surface area (Å²) in [7, 11) is 0. The molecule has 9 heavy (non-hydrogen) atoms. The molecule has 0 saturated carbocycles. The van der Waals surface area contributed by atoms with Crippen LogP contribution in [0.4, 0.5) is 11.6 Å². The van der Waals surface area contributed by atoms with Crippen molar-refractivity contribution < 1.29 is 0 Å². The monoisotopic (exact) mass is 146 g/mol. The van der Waals surface area contributed by atoms with Gasteiger partial charge in [-0.2, -0.15) is 0 Å². The van der Waals surface area contributed by atoms with E-state index in [9.17, 15) is 0 Å². The molecule has 1 rings (SSSR count). The zero-order valence-corrected chi connectivity index (χ0v) is 5.43. The fourth-order valence-corrected chi connectivity index (χ4v) is 0.388. The van der Waals surface area contributed by atoms with E-state index in [2.05, 4.69) is 9.97 Å². The van der Waals surface area contributed by atoms with Gasteiger partial charge < -0.3 is 11.5 Å². The molecule has 0 aromatic carbocycles. The van der Waals surface area contributed by atoms with Gasteiger partial charge in [0.25, 0.3) is 0 Å². The Morgan fingerprint density at radius 2 is 1.56 bits per heavy atom. The molecule has 4 N–H and O–H groups in total. The van der Waals surface area contributed by atoms with Crippen LogP contribution < -0.4 is 11.5 Å². The Morgan fingerprint density at radius 3 is 1.78 bits per heavy atom. The van der Waals surface area contributed by atoms with E-state index in [4.69, 9.17) is 11.5 Å². The summed E-state index contributed by atoms with van der Waals surface area (Å²) in [6.07, 6.45) is 1.32. The van der Waals surface area contributed by atoms with E-state index in [1.165, 1.54) is 12.4 Å². The maximum atomic E-state index is 5.23. The van der Waals surface area contributed by atoms with E-state index < -0.39 is 0 Å². The summed E-state index contributed by atoms with van der Waals surface area (Å²) < 4.78 is 0. The first-order chi connectivity index (χ1) is 3.79. The van der Waals surface area contributed by atoms with E-state index in [0.717, 1.165) is 0 Å². The van der Waals surface area contributed by atoms with E-state index in [1.807, 2.05) is 0 Å². The number of rotatable bonds is 0. The molecule has 0 aliphatic heterocycles. The average molecular weight is 147 g/mol. The van der Waals surface area contributed by atoms with Crippen LogP contribution in [0.25, 0.3) is 0 Å². The molecule has 1 aromatic rings. The van der Waals surface area contributed by atoms with Crippen molar-refractivity contribution in [3.05, 3.63) is 12.4 Å². The molecule has 1 aromatic heterocycles. The summed E-state index contributed by atoms with van der Waals surface area (Å²) in [4.78, 5) is 7.25. The van der Waals surface area contributed by atoms with Gasteiger partial charge in [-0.15, -0.1) is 12.4 Å². The predicted molar refractivity (Wildman–Crippen MR) is 38.1 cm³/mol. The molecule has 0 amide bonds. The smallest absolute Gasteiger partial charge is 0.128 e. The van der Waals surface area contributed by atoms with Crippen LogP contribution in [-0.2, 0) is 0 Å². The highest BCUT2D eigenvalue weighted by atomic mass is 35.5. The van der Waals surface area contributed by atoms with Gasteiger partial charge in [-0.05, 0) is 0 Å². The second-order valence-corrected chi connectivity index (χ2v) is 1.37. The van der Waals surface area contributed by atoms with Crippen molar-refractivity contribution >= 4 is 24.0 Å². The highest BCUT2D eigenvalue weighted by Gasteiger charge is 1.84. The normalized spacial score (nSPS) is 8.00. The maximum absolute atomic E-state index is 5.23. The van der Waals surface area contributed by atoms with Gasteiger partial charge in [0.15, 0.2) is 0 Å². The first-order valence-electron chi connectivity index (χ1n) is 2.12. The van der Waals surface area contributed by atoms with Crippen LogP contribution in [0, 0.1) is 0 Å². The number of halogens is 1. The fourth-order valence-electron chi connectivity index (χ4n) is 0.388. The lowest BCUT2D eigenvalue weighted by atomic mass is 10.5.